The summed E-state index contributed by atoms with van der Waals surface area (Å²) in [6, 6.07) is 0.345. The van der Waals surface area contributed by atoms with Crippen molar-refractivity contribution >= 4 is 5.91 Å². The zero-order valence-corrected chi connectivity index (χ0v) is 8.48. The van der Waals surface area contributed by atoms with Gasteiger partial charge in [-0.15, -0.1) is 0 Å². The highest BCUT2D eigenvalue weighted by molar-refractivity contribution is 5.83. The molecule has 0 bridgehead atoms. The minimum absolute atomic E-state index is 0.301. The number of nitrogens with two attached hydrogens (primary N) is 1. The normalized spacial score (nSPS) is 14.3. The Bertz CT molecular complexity index is 155. The number of amides is 1. The van der Waals surface area contributed by atoms with Crippen LogP contribution >= 0.6 is 0 Å². The van der Waals surface area contributed by atoms with Gasteiger partial charge < -0.3 is 11.1 Å². The van der Waals surface area contributed by atoms with Crippen LogP contribution in [-0.2, 0) is 4.79 Å². The first kappa shape index (κ1) is 11.4. The van der Waals surface area contributed by atoms with Gasteiger partial charge in [-0.05, 0) is 27.2 Å². The average molecular weight is 172 g/mol. The predicted molar refractivity (Wildman–Crippen MR) is 50.8 cm³/mol. The fourth-order valence-corrected chi connectivity index (χ4v) is 1.19. The van der Waals surface area contributed by atoms with E-state index in [2.05, 4.69) is 19.2 Å². The highest BCUT2D eigenvalue weighted by Crippen LogP contribution is 2.05. The third-order valence-electron chi connectivity index (χ3n) is 1.94. The Morgan fingerprint density at radius 1 is 1.58 bits per heavy atom. The summed E-state index contributed by atoms with van der Waals surface area (Å²) < 4.78 is 0. The van der Waals surface area contributed by atoms with Crippen molar-refractivity contribution < 1.29 is 4.79 Å². The molecule has 1 unspecified atom stereocenters. The lowest BCUT2D eigenvalue weighted by molar-refractivity contribution is -0.123. The van der Waals surface area contributed by atoms with Crippen molar-refractivity contribution in [1.82, 2.24) is 5.32 Å². The Labute approximate surface area is 74.7 Å². The van der Waals surface area contributed by atoms with Gasteiger partial charge >= 0.3 is 0 Å². The van der Waals surface area contributed by atoms with E-state index < -0.39 is 5.54 Å². The van der Waals surface area contributed by atoms with Crippen LogP contribution in [0.25, 0.3) is 0 Å². The third-order valence-corrected chi connectivity index (χ3v) is 1.94. The molecule has 0 radical (unpaired) electrons. The monoisotopic (exact) mass is 172 g/mol. The van der Waals surface area contributed by atoms with Crippen molar-refractivity contribution in [2.45, 2.75) is 52.1 Å². The minimum atomic E-state index is -0.589. The van der Waals surface area contributed by atoms with Crippen LogP contribution in [0, 0.1) is 0 Å². The molecular weight excluding hydrogens is 152 g/mol. The maximum atomic E-state index is 10.9. The maximum Gasteiger partial charge on any atom is 0.237 e. The highest BCUT2D eigenvalue weighted by atomic mass is 16.1. The molecule has 1 atom stereocenters. The molecular formula is C9H20N2O. The van der Waals surface area contributed by atoms with Crippen molar-refractivity contribution in [1.29, 1.82) is 0 Å². The second-order valence-corrected chi connectivity index (χ2v) is 3.82. The first-order valence-corrected chi connectivity index (χ1v) is 4.47. The molecule has 3 nitrogen and oxygen atoms in total. The molecule has 0 aromatic rings. The van der Waals surface area contributed by atoms with E-state index in [1.54, 1.807) is 0 Å². The topological polar surface area (TPSA) is 55.1 Å². The lowest BCUT2D eigenvalue weighted by Crippen LogP contribution is -2.53. The van der Waals surface area contributed by atoms with Crippen LogP contribution in [0.15, 0.2) is 0 Å². The van der Waals surface area contributed by atoms with Gasteiger partial charge in [-0.1, -0.05) is 13.3 Å². The average Bonchev–Trinajstić information content (AvgIpc) is 1.85. The number of hydrogen-bond donors (Lipinski definition) is 2. The first-order valence-electron chi connectivity index (χ1n) is 4.47. The predicted octanol–water partition coefficient (Wildman–Crippen LogP) is 1.03. The van der Waals surface area contributed by atoms with E-state index in [1.165, 1.54) is 0 Å². The summed E-state index contributed by atoms with van der Waals surface area (Å²) in [6.45, 7) is 7.80. The molecule has 0 rings (SSSR count). The van der Waals surface area contributed by atoms with Crippen LogP contribution in [0.3, 0.4) is 0 Å². The van der Waals surface area contributed by atoms with E-state index in [9.17, 15) is 4.79 Å². The summed E-state index contributed by atoms with van der Waals surface area (Å²) in [4.78, 5) is 10.9. The van der Waals surface area contributed by atoms with E-state index in [1.807, 2.05) is 13.8 Å². The zero-order chi connectivity index (χ0) is 9.78. The summed E-state index contributed by atoms with van der Waals surface area (Å²) in [5, 5.41) is 3.18. The van der Waals surface area contributed by atoms with Crippen LogP contribution in [0.4, 0.5) is 0 Å². The molecule has 0 saturated heterocycles. The summed E-state index contributed by atoms with van der Waals surface area (Å²) in [5.41, 5.74) is 4.62. The molecule has 0 fully saturated rings. The first-order chi connectivity index (χ1) is 5.40. The second-order valence-electron chi connectivity index (χ2n) is 3.82. The molecule has 0 spiro atoms. The zero-order valence-electron chi connectivity index (χ0n) is 8.48. The lowest BCUT2D eigenvalue weighted by atomic mass is 10.0. The molecule has 3 N–H and O–H groups in total. The number of carbonyl (C=O) groups excluding carboxylic acids is 1. The fraction of sp³-hybridized carbons (Fsp3) is 0.889. The molecule has 0 heterocycles. The van der Waals surface area contributed by atoms with Gasteiger partial charge in [0.1, 0.15) is 0 Å². The Balaban J connectivity index is 3.96. The lowest BCUT2D eigenvalue weighted by Gasteiger charge is -2.26. The Kier molecular flexibility index (Phi) is 4.24. The van der Waals surface area contributed by atoms with E-state index in [-0.39, 0.29) is 5.91 Å². The molecule has 12 heavy (non-hydrogen) atoms. The van der Waals surface area contributed by atoms with Gasteiger partial charge in [-0.3, -0.25) is 4.79 Å². The van der Waals surface area contributed by atoms with Crippen molar-refractivity contribution in [2.75, 3.05) is 0 Å². The standard InChI is InChI=1S/C9H20N2O/c1-5-6-7(2)11-9(3,4)8(10)12/h7,11H,5-6H2,1-4H3,(H2,10,12). The second kappa shape index (κ2) is 4.45. The van der Waals surface area contributed by atoms with Crippen LogP contribution in [-0.4, -0.2) is 17.5 Å². The molecule has 0 aromatic carbocycles. The van der Waals surface area contributed by atoms with Crippen molar-refractivity contribution in [3.05, 3.63) is 0 Å². The van der Waals surface area contributed by atoms with Crippen molar-refractivity contribution in [3.63, 3.8) is 0 Å². The molecule has 0 aliphatic rings. The van der Waals surface area contributed by atoms with Gasteiger partial charge in [0.2, 0.25) is 5.91 Å². The van der Waals surface area contributed by atoms with E-state index in [0.717, 1.165) is 12.8 Å². The number of primary amides is 1. The summed E-state index contributed by atoms with van der Waals surface area (Å²) in [6.07, 6.45) is 2.18. The molecule has 0 saturated carbocycles. The molecule has 0 aliphatic heterocycles. The van der Waals surface area contributed by atoms with Gasteiger partial charge in [0.05, 0.1) is 5.54 Å². The highest BCUT2D eigenvalue weighted by Gasteiger charge is 2.25. The van der Waals surface area contributed by atoms with Crippen molar-refractivity contribution in [2.24, 2.45) is 5.73 Å². The van der Waals surface area contributed by atoms with Gasteiger partial charge in [-0.2, -0.15) is 0 Å². The fourth-order valence-electron chi connectivity index (χ4n) is 1.19. The van der Waals surface area contributed by atoms with E-state index in [4.69, 9.17) is 5.73 Å². The van der Waals surface area contributed by atoms with Crippen LogP contribution in [0.2, 0.25) is 0 Å². The van der Waals surface area contributed by atoms with Gasteiger partial charge in [-0.25, -0.2) is 0 Å². The smallest absolute Gasteiger partial charge is 0.237 e. The molecule has 0 aromatic heterocycles. The van der Waals surface area contributed by atoms with Crippen LogP contribution in [0.5, 0.6) is 0 Å². The van der Waals surface area contributed by atoms with E-state index in [0.29, 0.717) is 6.04 Å². The van der Waals surface area contributed by atoms with Gasteiger partial charge in [0.25, 0.3) is 0 Å². The van der Waals surface area contributed by atoms with Crippen LogP contribution in [0.1, 0.15) is 40.5 Å². The SMILES string of the molecule is CCCC(C)NC(C)(C)C(N)=O. The Morgan fingerprint density at radius 3 is 2.42 bits per heavy atom. The van der Waals surface area contributed by atoms with Crippen LogP contribution < -0.4 is 11.1 Å². The van der Waals surface area contributed by atoms with Gasteiger partial charge in [0.15, 0.2) is 0 Å². The van der Waals surface area contributed by atoms with Gasteiger partial charge in [0, 0.05) is 6.04 Å². The summed E-state index contributed by atoms with van der Waals surface area (Å²) in [7, 11) is 0. The molecule has 72 valence electrons. The summed E-state index contributed by atoms with van der Waals surface area (Å²) >= 11 is 0. The maximum absolute atomic E-state index is 10.9. The number of hydrogen-bond acceptors (Lipinski definition) is 2. The number of rotatable bonds is 5. The molecule has 1 amide bonds. The number of nitrogens with one attached hydrogen (secondary N) is 1. The Morgan fingerprint density at radius 2 is 2.08 bits per heavy atom. The van der Waals surface area contributed by atoms with Crippen molar-refractivity contribution in [3.8, 4) is 0 Å². The molecule has 3 heteroatoms. The number of carbonyl (C=O) groups is 1. The quantitative estimate of drug-likeness (QED) is 0.650. The summed E-state index contributed by atoms with van der Waals surface area (Å²) in [5.74, 6) is -0.301. The largest absolute Gasteiger partial charge is 0.368 e. The molecule has 0 aliphatic carbocycles. The van der Waals surface area contributed by atoms with E-state index >= 15 is 0 Å². The third kappa shape index (κ3) is 3.72. The Hall–Kier alpha value is -0.570. The minimum Gasteiger partial charge on any atom is -0.368 e.